The monoisotopic (exact) mass is 250 g/mol. The van der Waals surface area contributed by atoms with Crippen LogP contribution in [0.2, 0.25) is 0 Å². The third kappa shape index (κ3) is 5.13. The molecule has 0 heterocycles. The summed E-state index contributed by atoms with van der Waals surface area (Å²) in [5, 5.41) is 2.58. The molecule has 0 unspecified atom stereocenters. The van der Waals surface area contributed by atoms with E-state index in [2.05, 4.69) is 35.6 Å². The van der Waals surface area contributed by atoms with Crippen LogP contribution in [0, 0.1) is 0 Å². The largest absolute Gasteiger partial charge is 0.344 e. The molecule has 2 N–H and O–H groups in total. The second-order valence-corrected chi connectivity index (χ2v) is 6.11. The van der Waals surface area contributed by atoms with E-state index in [1.165, 1.54) is 55.7 Å². The molecule has 1 fully saturated rings. The Bertz CT molecular complexity index is 293. The molecular weight excluding hydrogens is 226 g/mol. The van der Waals surface area contributed by atoms with Crippen molar-refractivity contribution in [3.63, 3.8) is 0 Å². The number of quaternary nitrogens is 1. The first-order valence-electron chi connectivity index (χ1n) is 6.96. The highest BCUT2D eigenvalue weighted by Crippen LogP contribution is 2.18. The van der Waals surface area contributed by atoms with Gasteiger partial charge in [-0.1, -0.05) is 18.2 Å². The highest BCUT2D eigenvalue weighted by molar-refractivity contribution is 7.99. The summed E-state index contributed by atoms with van der Waals surface area (Å²) in [5.74, 6) is 1.27. The van der Waals surface area contributed by atoms with Crippen molar-refractivity contribution >= 4 is 11.8 Å². The van der Waals surface area contributed by atoms with Gasteiger partial charge < -0.3 is 5.32 Å². The number of unbranched alkanes of at least 4 members (excludes halogenated alkanes) is 1. The van der Waals surface area contributed by atoms with Crippen molar-refractivity contribution in [3.05, 3.63) is 30.3 Å². The lowest BCUT2D eigenvalue weighted by molar-refractivity contribution is -0.688. The van der Waals surface area contributed by atoms with Gasteiger partial charge in [0.1, 0.15) is 0 Å². The number of hydrogen-bond donors (Lipinski definition) is 1. The van der Waals surface area contributed by atoms with Gasteiger partial charge in [-0.05, 0) is 56.4 Å². The van der Waals surface area contributed by atoms with Crippen molar-refractivity contribution in [2.75, 3.05) is 12.3 Å². The highest BCUT2D eigenvalue weighted by atomic mass is 32.2. The Balaban J connectivity index is 1.46. The van der Waals surface area contributed by atoms with Crippen LogP contribution >= 0.6 is 11.8 Å². The lowest BCUT2D eigenvalue weighted by atomic mass is 10.2. The molecular formula is C15H24NS+. The lowest BCUT2D eigenvalue weighted by Crippen LogP contribution is -2.89. The van der Waals surface area contributed by atoms with Crippen molar-refractivity contribution in [1.82, 2.24) is 0 Å². The minimum absolute atomic E-state index is 0.955. The number of benzene rings is 1. The number of hydrogen-bond acceptors (Lipinski definition) is 1. The van der Waals surface area contributed by atoms with E-state index in [1.54, 1.807) is 0 Å². The molecule has 0 radical (unpaired) electrons. The van der Waals surface area contributed by atoms with E-state index >= 15 is 0 Å². The predicted molar refractivity (Wildman–Crippen MR) is 75.4 cm³/mol. The maximum absolute atomic E-state index is 2.58. The molecule has 0 amide bonds. The molecule has 0 aliphatic heterocycles. The Morgan fingerprint density at radius 2 is 1.82 bits per heavy atom. The van der Waals surface area contributed by atoms with Crippen molar-refractivity contribution in [2.45, 2.75) is 49.5 Å². The fourth-order valence-electron chi connectivity index (χ4n) is 2.50. The molecule has 1 aliphatic carbocycles. The molecule has 2 heteroatoms. The van der Waals surface area contributed by atoms with E-state index in [0.717, 1.165) is 6.04 Å². The molecule has 0 spiro atoms. The Hall–Kier alpha value is -0.470. The predicted octanol–water partition coefficient (Wildman–Crippen LogP) is 3.06. The highest BCUT2D eigenvalue weighted by Gasteiger charge is 2.16. The zero-order chi connectivity index (χ0) is 11.8. The molecule has 1 saturated carbocycles. The first kappa shape index (κ1) is 13.0. The van der Waals surface area contributed by atoms with Gasteiger partial charge in [0.2, 0.25) is 0 Å². The Morgan fingerprint density at radius 3 is 2.59 bits per heavy atom. The minimum atomic E-state index is 0.955. The second-order valence-electron chi connectivity index (χ2n) is 4.94. The second kappa shape index (κ2) is 7.78. The molecule has 0 saturated heterocycles. The molecule has 1 nitrogen and oxygen atoms in total. The third-order valence-electron chi connectivity index (χ3n) is 3.51. The Kier molecular flexibility index (Phi) is 5.94. The van der Waals surface area contributed by atoms with Gasteiger partial charge >= 0.3 is 0 Å². The first-order chi connectivity index (χ1) is 8.45. The normalized spacial score (nSPS) is 16.5. The molecule has 0 atom stereocenters. The maximum Gasteiger partial charge on any atom is 0.0859 e. The van der Waals surface area contributed by atoms with E-state index < -0.39 is 0 Å². The summed E-state index contributed by atoms with van der Waals surface area (Å²) in [6.07, 6.45) is 8.56. The number of rotatable bonds is 7. The van der Waals surface area contributed by atoms with Crippen LogP contribution in [0.4, 0.5) is 0 Å². The summed E-state index contributed by atoms with van der Waals surface area (Å²) in [7, 11) is 0. The first-order valence-corrected chi connectivity index (χ1v) is 7.95. The zero-order valence-electron chi connectivity index (χ0n) is 10.6. The van der Waals surface area contributed by atoms with Gasteiger partial charge in [-0.2, -0.15) is 0 Å². The third-order valence-corrected chi connectivity index (χ3v) is 4.61. The van der Waals surface area contributed by atoms with Gasteiger partial charge in [0.25, 0.3) is 0 Å². The van der Waals surface area contributed by atoms with Gasteiger partial charge in [0.15, 0.2) is 0 Å². The van der Waals surface area contributed by atoms with Crippen molar-refractivity contribution < 1.29 is 5.32 Å². The molecule has 17 heavy (non-hydrogen) atoms. The fourth-order valence-corrected chi connectivity index (χ4v) is 3.43. The van der Waals surface area contributed by atoms with Gasteiger partial charge in [-0.3, -0.25) is 0 Å². The van der Waals surface area contributed by atoms with Gasteiger partial charge in [-0.15, -0.1) is 11.8 Å². The van der Waals surface area contributed by atoms with Crippen LogP contribution in [-0.2, 0) is 0 Å². The molecule has 0 bridgehead atoms. The average Bonchev–Trinajstić information content (AvgIpc) is 2.88. The van der Waals surface area contributed by atoms with Crippen LogP contribution in [0.1, 0.15) is 38.5 Å². The van der Waals surface area contributed by atoms with E-state index in [4.69, 9.17) is 0 Å². The standard InChI is InChI=1S/C15H23NS/c1-2-10-15(11-3-1)17-13-7-6-12-16-14-8-4-5-9-14/h1-3,10-11,14,16H,4-9,12-13H2/p+1. The van der Waals surface area contributed by atoms with Gasteiger partial charge in [0, 0.05) is 4.90 Å². The van der Waals surface area contributed by atoms with Crippen molar-refractivity contribution in [3.8, 4) is 0 Å². The lowest BCUT2D eigenvalue weighted by Gasteiger charge is -2.07. The SMILES string of the molecule is c1ccc(SCCCC[NH2+]C2CCCC2)cc1. The van der Waals surface area contributed by atoms with Crippen LogP contribution in [-0.4, -0.2) is 18.3 Å². The minimum Gasteiger partial charge on any atom is -0.344 e. The smallest absolute Gasteiger partial charge is 0.0859 e. The molecule has 0 aromatic heterocycles. The summed E-state index contributed by atoms with van der Waals surface area (Å²) in [6, 6.07) is 11.7. The summed E-state index contributed by atoms with van der Waals surface area (Å²) in [6.45, 7) is 1.33. The Labute approximate surface area is 109 Å². The number of nitrogens with two attached hydrogens (primary N) is 1. The van der Waals surface area contributed by atoms with Crippen molar-refractivity contribution in [2.24, 2.45) is 0 Å². The molecule has 2 rings (SSSR count). The fraction of sp³-hybridized carbons (Fsp3) is 0.600. The molecule has 1 aromatic rings. The van der Waals surface area contributed by atoms with E-state index in [-0.39, 0.29) is 0 Å². The quantitative estimate of drug-likeness (QED) is 0.581. The van der Waals surface area contributed by atoms with E-state index in [9.17, 15) is 0 Å². The summed E-state index contributed by atoms with van der Waals surface area (Å²) >= 11 is 1.99. The van der Waals surface area contributed by atoms with Gasteiger partial charge in [-0.25, -0.2) is 0 Å². The topological polar surface area (TPSA) is 16.6 Å². The van der Waals surface area contributed by atoms with E-state index in [0.29, 0.717) is 0 Å². The van der Waals surface area contributed by atoms with Crippen LogP contribution in [0.25, 0.3) is 0 Å². The molecule has 1 aliphatic rings. The van der Waals surface area contributed by atoms with Crippen molar-refractivity contribution in [1.29, 1.82) is 0 Å². The van der Waals surface area contributed by atoms with Crippen LogP contribution in [0.5, 0.6) is 0 Å². The summed E-state index contributed by atoms with van der Waals surface area (Å²) in [5.41, 5.74) is 0. The van der Waals surface area contributed by atoms with Gasteiger partial charge in [0.05, 0.1) is 12.6 Å². The maximum atomic E-state index is 2.58. The van der Waals surface area contributed by atoms with Crippen LogP contribution < -0.4 is 5.32 Å². The Morgan fingerprint density at radius 1 is 1.06 bits per heavy atom. The number of thioether (sulfide) groups is 1. The summed E-state index contributed by atoms with van der Waals surface area (Å²) in [4.78, 5) is 1.41. The zero-order valence-corrected chi connectivity index (χ0v) is 11.4. The van der Waals surface area contributed by atoms with E-state index in [1.807, 2.05) is 11.8 Å². The molecule has 1 aromatic carbocycles. The average molecular weight is 250 g/mol. The van der Waals surface area contributed by atoms with Crippen LogP contribution in [0.15, 0.2) is 35.2 Å². The van der Waals surface area contributed by atoms with Crippen LogP contribution in [0.3, 0.4) is 0 Å². The molecule has 94 valence electrons. The summed E-state index contributed by atoms with van der Waals surface area (Å²) < 4.78 is 0.